The van der Waals surface area contributed by atoms with Gasteiger partial charge < -0.3 is 0 Å². The fraction of sp³-hybridized carbons (Fsp3) is 1.00. The van der Waals surface area contributed by atoms with E-state index in [2.05, 4.69) is 0 Å². The summed E-state index contributed by atoms with van der Waals surface area (Å²) in [6.07, 6.45) is -11.0. The number of hydrogen-bond donors (Lipinski definition) is 0. The van der Waals surface area contributed by atoms with E-state index in [1.165, 1.54) is 0 Å². The molecule has 1 saturated carbocycles. The Morgan fingerprint density at radius 2 is 1.43 bits per heavy atom. The summed E-state index contributed by atoms with van der Waals surface area (Å²) in [6, 6.07) is 0. The summed E-state index contributed by atoms with van der Waals surface area (Å²) in [4.78, 5) is 0. The van der Waals surface area contributed by atoms with Crippen LogP contribution in [-0.4, -0.2) is 18.3 Å². The highest BCUT2D eigenvalue weighted by Gasteiger charge is 2.78. The molecule has 1 fully saturated rings. The average molecular weight is 354 g/mol. The zero-order chi connectivity index (χ0) is 18.3. The molecule has 1 aliphatic rings. The van der Waals surface area contributed by atoms with Crippen LogP contribution >= 0.6 is 0 Å². The van der Waals surface area contributed by atoms with E-state index in [0.717, 1.165) is 0 Å². The standard InChI is InChI=1S/C15H22F8/c1-4-9(2)10-6-5-7-11(8-10)12(3,14(18,19)20)13(16,17)15(21,22)23/h9-11H,4-8H2,1-3H3. The van der Waals surface area contributed by atoms with Crippen LogP contribution < -0.4 is 0 Å². The van der Waals surface area contributed by atoms with Gasteiger partial charge in [0.25, 0.3) is 0 Å². The van der Waals surface area contributed by atoms with Crippen LogP contribution in [0.2, 0.25) is 0 Å². The molecule has 0 aliphatic heterocycles. The lowest BCUT2D eigenvalue weighted by Crippen LogP contribution is -2.61. The summed E-state index contributed by atoms with van der Waals surface area (Å²) < 4.78 is 106. The van der Waals surface area contributed by atoms with Gasteiger partial charge in [0.1, 0.15) is 5.41 Å². The molecule has 0 bridgehead atoms. The Morgan fingerprint density at radius 1 is 0.913 bits per heavy atom. The van der Waals surface area contributed by atoms with Crippen LogP contribution in [0.5, 0.6) is 0 Å². The first-order chi connectivity index (χ1) is 10.2. The van der Waals surface area contributed by atoms with Gasteiger partial charge in [-0.3, -0.25) is 0 Å². The van der Waals surface area contributed by atoms with E-state index in [9.17, 15) is 35.1 Å². The van der Waals surface area contributed by atoms with Crippen molar-refractivity contribution in [3.05, 3.63) is 0 Å². The predicted molar refractivity (Wildman–Crippen MR) is 70.1 cm³/mol. The Balaban J connectivity index is 3.27. The third-order valence-corrected chi connectivity index (χ3v) is 5.58. The maximum absolute atomic E-state index is 13.8. The number of halogens is 8. The van der Waals surface area contributed by atoms with E-state index < -0.39 is 29.6 Å². The van der Waals surface area contributed by atoms with Crippen molar-refractivity contribution in [2.45, 2.75) is 71.2 Å². The van der Waals surface area contributed by atoms with Gasteiger partial charge in [-0.15, -0.1) is 0 Å². The molecule has 138 valence electrons. The molecule has 0 nitrogen and oxygen atoms in total. The predicted octanol–water partition coefficient (Wildman–Crippen LogP) is 6.61. The van der Waals surface area contributed by atoms with Crippen molar-refractivity contribution in [3.63, 3.8) is 0 Å². The Kier molecular flexibility index (Phi) is 5.69. The molecule has 0 saturated heterocycles. The first kappa shape index (κ1) is 20.5. The topological polar surface area (TPSA) is 0 Å². The van der Waals surface area contributed by atoms with Crippen molar-refractivity contribution in [3.8, 4) is 0 Å². The lowest BCUT2D eigenvalue weighted by molar-refractivity contribution is -0.394. The van der Waals surface area contributed by atoms with Gasteiger partial charge in [0.05, 0.1) is 0 Å². The van der Waals surface area contributed by atoms with Gasteiger partial charge in [0.15, 0.2) is 0 Å². The molecule has 0 spiro atoms. The van der Waals surface area contributed by atoms with Crippen molar-refractivity contribution in [2.75, 3.05) is 0 Å². The van der Waals surface area contributed by atoms with E-state index >= 15 is 0 Å². The Morgan fingerprint density at radius 3 is 1.83 bits per heavy atom. The minimum Gasteiger partial charge on any atom is -0.195 e. The van der Waals surface area contributed by atoms with Crippen molar-refractivity contribution >= 4 is 0 Å². The minimum absolute atomic E-state index is 0.00482. The second-order valence-corrected chi connectivity index (χ2v) is 6.78. The average Bonchev–Trinajstić information content (AvgIpc) is 2.43. The van der Waals surface area contributed by atoms with Gasteiger partial charge in [-0.2, -0.15) is 35.1 Å². The summed E-state index contributed by atoms with van der Waals surface area (Å²) in [7, 11) is 0. The third-order valence-electron chi connectivity index (χ3n) is 5.58. The Bertz CT molecular complexity index is 397. The highest BCUT2D eigenvalue weighted by atomic mass is 19.4. The normalized spacial score (nSPS) is 28.3. The largest absolute Gasteiger partial charge is 0.454 e. The molecule has 0 N–H and O–H groups in total. The van der Waals surface area contributed by atoms with Crippen LogP contribution in [0.15, 0.2) is 0 Å². The molecule has 4 atom stereocenters. The molecule has 0 radical (unpaired) electrons. The van der Waals surface area contributed by atoms with Gasteiger partial charge in [0, 0.05) is 0 Å². The molecule has 0 amide bonds. The third kappa shape index (κ3) is 3.45. The zero-order valence-electron chi connectivity index (χ0n) is 13.3. The van der Waals surface area contributed by atoms with Crippen molar-refractivity contribution < 1.29 is 35.1 Å². The summed E-state index contributed by atoms with van der Waals surface area (Å²) in [6.45, 7) is 3.64. The molecule has 4 unspecified atom stereocenters. The molecule has 0 aromatic rings. The fourth-order valence-corrected chi connectivity index (χ4v) is 3.56. The Labute approximate surface area is 130 Å². The minimum atomic E-state index is -6.24. The van der Waals surface area contributed by atoms with Gasteiger partial charge in [0.2, 0.25) is 0 Å². The van der Waals surface area contributed by atoms with Crippen molar-refractivity contribution in [2.24, 2.45) is 23.2 Å². The smallest absolute Gasteiger partial charge is 0.195 e. The quantitative estimate of drug-likeness (QED) is 0.499. The second kappa shape index (κ2) is 6.39. The van der Waals surface area contributed by atoms with Crippen LogP contribution in [0.3, 0.4) is 0 Å². The Hall–Kier alpha value is -0.560. The summed E-state index contributed by atoms with van der Waals surface area (Å²) in [5.74, 6) is -7.83. The first-order valence-electron chi connectivity index (χ1n) is 7.71. The number of hydrogen-bond acceptors (Lipinski definition) is 0. The molecule has 1 rings (SSSR count). The van der Waals surface area contributed by atoms with Gasteiger partial charge in [-0.25, -0.2) is 0 Å². The van der Waals surface area contributed by atoms with E-state index in [-0.39, 0.29) is 38.0 Å². The van der Waals surface area contributed by atoms with Crippen LogP contribution in [0, 0.1) is 23.2 Å². The van der Waals surface area contributed by atoms with Crippen LogP contribution in [0.25, 0.3) is 0 Å². The molecule has 8 heteroatoms. The number of alkyl halides is 8. The molecule has 0 heterocycles. The summed E-state index contributed by atoms with van der Waals surface area (Å²) >= 11 is 0. The van der Waals surface area contributed by atoms with Crippen LogP contribution in [0.4, 0.5) is 35.1 Å². The molecular weight excluding hydrogens is 332 g/mol. The van der Waals surface area contributed by atoms with Gasteiger partial charge in [-0.05, 0) is 37.5 Å². The molecular formula is C15H22F8. The maximum atomic E-state index is 13.8. The van der Waals surface area contributed by atoms with E-state index in [0.29, 0.717) is 12.8 Å². The second-order valence-electron chi connectivity index (χ2n) is 6.78. The van der Waals surface area contributed by atoms with E-state index in [1.807, 2.05) is 6.92 Å². The SMILES string of the molecule is CCC(C)C1CCCC(C(C)(C(F)(F)F)C(F)(F)C(F)(F)F)C1. The summed E-state index contributed by atoms with van der Waals surface area (Å²) in [5, 5.41) is 0. The molecule has 23 heavy (non-hydrogen) atoms. The van der Waals surface area contributed by atoms with Gasteiger partial charge in [-0.1, -0.05) is 33.1 Å². The summed E-state index contributed by atoms with van der Waals surface area (Å²) in [5.41, 5.74) is -4.11. The molecule has 0 aromatic carbocycles. The fourth-order valence-electron chi connectivity index (χ4n) is 3.56. The lowest BCUT2D eigenvalue weighted by Gasteiger charge is -2.48. The van der Waals surface area contributed by atoms with E-state index in [1.54, 1.807) is 6.92 Å². The number of rotatable bonds is 4. The van der Waals surface area contributed by atoms with Crippen molar-refractivity contribution in [1.29, 1.82) is 0 Å². The van der Waals surface area contributed by atoms with E-state index in [4.69, 9.17) is 0 Å². The molecule has 1 aliphatic carbocycles. The first-order valence-corrected chi connectivity index (χ1v) is 7.71. The maximum Gasteiger partial charge on any atom is 0.454 e. The highest BCUT2D eigenvalue weighted by Crippen LogP contribution is 2.62. The van der Waals surface area contributed by atoms with Crippen LogP contribution in [0.1, 0.15) is 52.9 Å². The van der Waals surface area contributed by atoms with Gasteiger partial charge >= 0.3 is 18.3 Å². The zero-order valence-corrected chi connectivity index (χ0v) is 13.3. The van der Waals surface area contributed by atoms with Crippen LogP contribution in [-0.2, 0) is 0 Å². The lowest BCUT2D eigenvalue weighted by atomic mass is 9.61. The monoisotopic (exact) mass is 354 g/mol. The molecule has 0 aromatic heterocycles. The van der Waals surface area contributed by atoms with Crippen molar-refractivity contribution in [1.82, 2.24) is 0 Å². The highest BCUT2D eigenvalue weighted by molar-refractivity contribution is 5.04.